The van der Waals surface area contributed by atoms with E-state index < -0.39 is 0 Å². The van der Waals surface area contributed by atoms with Gasteiger partial charge in [-0.25, -0.2) is 0 Å². The maximum absolute atomic E-state index is 11.7. The minimum Gasteiger partial charge on any atom is -0.484 e. The molecule has 0 aliphatic heterocycles. The van der Waals surface area contributed by atoms with Crippen LogP contribution in [0, 0.1) is 12.8 Å². The molecule has 0 spiro atoms. The highest BCUT2D eigenvalue weighted by molar-refractivity contribution is 5.77. The van der Waals surface area contributed by atoms with Crippen LogP contribution in [0.2, 0.25) is 0 Å². The summed E-state index contributed by atoms with van der Waals surface area (Å²) in [6, 6.07) is 7.64. The Morgan fingerprint density at radius 2 is 2.21 bits per heavy atom. The van der Waals surface area contributed by atoms with Crippen molar-refractivity contribution < 1.29 is 14.6 Å². The number of hydrogen-bond donors (Lipinski definition) is 2. The molecule has 19 heavy (non-hydrogen) atoms. The third kappa shape index (κ3) is 4.24. The van der Waals surface area contributed by atoms with Gasteiger partial charge >= 0.3 is 0 Å². The van der Waals surface area contributed by atoms with Gasteiger partial charge in [0.15, 0.2) is 6.61 Å². The molecule has 2 unspecified atom stereocenters. The molecule has 4 heteroatoms. The Hall–Kier alpha value is -1.55. The first-order chi connectivity index (χ1) is 9.15. The average Bonchev–Trinajstić information content (AvgIpc) is 2.81. The SMILES string of the molecule is Cc1ccccc1OCC(=O)NCC1CCC(O)C1. The number of nitrogens with one attached hydrogen (secondary N) is 1. The fourth-order valence-corrected chi connectivity index (χ4v) is 2.40. The standard InChI is InChI=1S/C15H21NO3/c1-11-4-2-3-5-14(11)19-10-15(18)16-9-12-6-7-13(17)8-12/h2-5,12-13,17H,6-10H2,1H3,(H,16,18). The summed E-state index contributed by atoms with van der Waals surface area (Å²) in [7, 11) is 0. The summed E-state index contributed by atoms with van der Waals surface area (Å²) in [5.41, 5.74) is 1.02. The molecule has 104 valence electrons. The van der Waals surface area contributed by atoms with E-state index in [2.05, 4.69) is 5.32 Å². The van der Waals surface area contributed by atoms with Crippen molar-refractivity contribution in [2.24, 2.45) is 5.92 Å². The first kappa shape index (κ1) is 13.9. The van der Waals surface area contributed by atoms with Crippen molar-refractivity contribution in [3.63, 3.8) is 0 Å². The van der Waals surface area contributed by atoms with E-state index in [1.54, 1.807) is 0 Å². The number of aryl methyl sites for hydroxylation is 1. The summed E-state index contributed by atoms with van der Waals surface area (Å²) < 4.78 is 5.47. The van der Waals surface area contributed by atoms with Crippen molar-refractivity contribution in [2.45, 2.75) is 32.3 Å². The highest BCUT2D eigenvalue weighted by atomic mass is 16.5. The molecular weight excluding hydrogens is 242 g/mol. The second-order valence-electron chi connectivity index (χ2n) is 5.19. The van der Waals surface area contributed by atoms with Crippen LogP contribution in [0.4, 0.5) is 0 Å². The molecule has 1 amide bonds. The summed E-state index contributed by atoms with van der Waals surface area (Å²) >= 11 is 0. The van der Waals surface area contributed by atoms with E-state index in [0.29, 0.717) is 12.5 Å². The molecule has 0 heterocycles. The predicted molar refractivity (Wildman–Crippen MR) is 73.0 cm³/mol. The number of carbonyl (C=O) groups excluding carboxylic acids is 1. The third-order valence-electron chi connectivity index (χ3n) is 3.55. The van der Waals surface area contributed by atoms with Crippen LogP contribution in [0.1, 0.15) is 24.8 Å². The Balaban J connectivity index is 1.69. The summed E-state index contributed by atoms with van der Waals surface area (Å²) in [6.07, 6.45) is 2.43. The maximum atomic E-state index is 11.7. The minimum atomic E-state index is -0.190. The van der Waals surface area contributed by atoms with E-state index in [1.165, 1.54) is 0 Å². The third-order valence-corrected chi connectivity index (χ3v) is 3.55. The summed E-state index contributed by atoms with van der Waals surface area (Å²) in [5, 5.41) is 12.3. The number of ether oxygens (including phenoxy) is 1. The first-order valence-electron chi connectivity index (χ1n) is 6.78. The van der Waals surface area contributed by atoms with Crippen LogP contribution in [-0.4, -0.2) is 30.3 Å². The molecule has 1 aromatic carbocycles. The van der Waals surface area contributed by atoms with Gasteiger partial charge in [-0.05, 0) is 43.7 Å². The van der Waals surface area contributed by atoms with E-state index in [-0.39, 0.29) is 18.6 Å². The van der Waals surface area contributed by atoms with Crippen LogP contribution in [-0.2, 0) is 4.79 Å². The molecule has 2 rings (SSSR count). The van der Waals surface area contributed by atoms with Crippen LogP contribution in [0.25, 0.3) is 0 Å². The van der Waals surface area contributed by atoms with Crippen molar-refractivity contribution in [1.29, 1.82) is 0 Å². The van der Waals surface area contributed by atoms with Crippen LogP contribution < -0.4 is 10.1 Å². The van der Waals surface area contributed by atoms with Crippen LogP contribution in [0.3, 0.4) is 0 Å². The highest BCUT2D eigenvalue weighted by Gasteiger charge is 2.22. The van der Waals surface area contributed by atoms with Gasteiger partial charge in [0.2, 0.25) is 0 Å². The Labute approximate surface area is 113 Å². The van der Waals surface area contributed by atoms with Gasteiger partial charge in [-0.1, -0.05) is 18.2 Å². The lowest BCUT2D eigenvalue weighted by Gasteiger charge is -2.12. The molecule has 2 atom stereocenters. The van der Waals surface area contributed by atoms with E-state index in [1.807, 2.05) is 31.2 Å². The van der Waals surface area contributed by atoms with Gasteiger partial charge in [0.05, 0.1) is 6.10 Å². The minimum absolute atomic E-state index is 0.0418. The maximum Gasteiger partial charge on any atom is 0.257 e. The predicted octanol–water partition coefficient (Wildman–Crippen LogP) is 1.65. The number of benzene rings is 1. The largest absolute Gasteiger partial charge is 0.484 e. The van der Waals surface area contributed by atoms with E-state index >= 15 is 0 Å². The second kappa shape index (κ2) is 6.57. The van der Waals surface area contributed by atoms with E-state index in [9.17, 15) is 9.90 Å². The zero-order chi connectivity index (χ0) is 13.7. The van der Waals surface area contributed by atoms with Crippen molar-refractivity contribution in [3.8, 4) is 5.75 Å². The lowest BCUT2D eigenvalue weighted by molar-refractivity contribution is -0.123. The van der Waals surface area contributed by atoms with Gasteiger partial charge < -0.3 is 15.2 Å². The average molecular weight is 263 g/mol. The zero-order valence-electron chi connectivity index (χ0n) is 11.3. The lowest BCUT2D eigenvalue weighted by atomic mass is 10.1. The van der Waals surface area contributed by atoms with Crippen LogP contribution in [0.5, 0.6) is 5.75 Å². The number of aliphatic hydroxyl groups excluding tert-OH is 1. The highest BCUT2D eigenvalue weighted by Crippen LogP contribution is 2.24. The smallest absolute Gasteiger partial charge is 0.257 e. The normalized spacial score (nSPS) is 22.2. The number of para-hydroxylation sites is 1. The Bertz CT molecular complexity index is 433. The molecule has 0 bridgehead atoms. The second-order valence-corrected chi connectivity index (χ2v) is 5.19. The number of carbonyl (C=O) groups is 1. The number of aliphatic hydroxyl groups is 1. The quantitative estimate of drug-likeness (QED) is 0.849. The molecular formula is C15H21NO3. The molecule has 1 aliphatic rings. The van der Waals surface area contributed by atoms with Gasteiger partial charge in [-0.3, -0.25) is 4.79 Å². The van der Waals surface area contributed by atoms with Gasteiger partial charge in [-0.2, -0.15) is 0 Å². The fraction of sp³-hybridized carbons (Fsp3) is 0.533. The summed E-state index contributed by atoms with van der Waals surface area (Å²) in [6.45, 7) is 2.63. The van der Waals surface area contributed by atoms with Gasteiger partial charge in [0.25, 0.3) is 5.91 Å². The van der Waals surface area contributed by atoms with Gasteiger partial charge in [-0.15, -0.1) is 0 Å². The van der Waals surface area contributed by atoms with E-state index in [4.69, 9.17) is 4.74 Å². The molecule has 1 fully saturated rings. The van der Waals surface area contributed by atoms with Crippen LogP contribution >= 0.6 is 0 Å². The van der Waals surface area contributed by atoms with Crippen molar-refractivity contribution in [1.82, 2.24) is 5.32 Å². The van der Waals surface area contributed by atoms with Crippen molar-refractivity contribution in [2.75, 3.05) is 13.2 Å². The molecule has 0 saturated heterocycles. The van der Waals surface area contributed by atoms with Gasteiger partial charge in [0, 0.05) is 6.54 Å². The van der Waals surface area contributed by atoms with E-state index in [0.717, 1.165) is 30.6 Å². The molecule has 1 aromatic rings. The molecule has 2 N–H and O–H groups in total. The summed E-state index contributed by atoms with van der Waals surface area (Å²) in [4.78, 5) is 11.7. The number of hydrogen-bond acceptors (Lipinski definition) is 3. The van der Waals surface area contributed by atoms with Crippen LogP contribution in [0.15, 0.2) is 24.3 Å². The summed E-state index contributed by atoms with van der Waals surface area (Å²) in [5.74, 6) is 1.04. The monoisotopic (exact) mass is 263 g/mol. The molecule has 0 aromatic heterocycles. The number of rotatable bonds is 5. The Morgan fingerprint density at radius 3 is 2.89 bits per heavy atom. The zero-order valence-corrected chi connectivity index (χ0v) is 11.3. The fourth-order valence-electron chi connectivity index (χ4n) is 2.40. The first-order valence-corrected chi connectivity index (χ1v) is 6.78. The number of amides is 1. The molecule has 1 aliphatic carbocycles. The molecule has 0 radical (unpaired) electrons. The molecule has 4 nitrogen and oxygen atoms in total. The van der Waals surface area contributed by atoms with Gasteiger partial charge in [0.1, 0.15) is 5.75 Å². The Kier molecular flexibility index (Phi) is 4.80. The van der Waals surface area contributed by atoms with Crippen molar-refractivity contribution in [3.05, 3.63) is 29.8 Å². The Morgan fingerprint density at radius 1 is 1.42 bits per heavy atom. The molecule has 1 saturated carbocycles. The van der Waals surface area contributed by atoms with Crippen molar-refractivity contribution >= 4 is 5.91 Å². The lowest BCUT2D eigenvalue weighted by Crippen LogP contribution is -2.32. The topological polar surface area (TPSA) is 58.6 Å².